The smallest absolute Gasteiger partial charge is 0.353 e. The Morgan fingerprint density at radius 2 is 1.30 bits per heavy atom. The van der Waals surface area contributed by atoms with E-state index in [-0.39, 0.29) is 22.9 Å². The van der Waals surface area contributed by atoms with E-state index in [2.05, 4.69) is 0 Å². The maximum Gasteiger partial charge on any atom is 0.353 e. The number of benzene rings is 3. The van der Waals surface area contributed by atoms with Crippen molar-refractivity contribution in [3.05, 3.63) is 91.0 Å². The Bertz CT molecular complexity index is 1130. The Morgan fingerprint density at radius 3 is 1.64 bits per heavy atom. The lowest BCUT2D eigenvalue weighted by atomic mass is 10.2. The topological polar surface area (TPSA) is 74.7 Å². The highest BCUT2D eigenvalue weighted by Crippen LogP contribution is 2.49. The van der Waals surface area contributed by atoms with Crippen LogP contribution in [-0.2, 0) is 14.4 Å². The molecule has 0 spiro atoms. The second kappa shape index (κ2) is 9.82. The predicted octanol–water partition coefficient (Wildman–Crippen LogP) is 3.42. The number of rotatable bonds is 7. The van der Waals surface area contributed by atoms with Crippen LogP contribution in [0.2, 0.25) is 0 Å². The van der Waals surface area contributed by atoms with Gasteiger partial charge in [-0.2, -0.15) is 0 Å². The Hall–Kier alpha value is -3.08. The van der Waals surface area contributed by atoms with Crippen molar-refractivity contribution in [1.29, 1.82) is 0 Å². The maximum atomic E-state index is 13.0. The molecule has 1 saturated heterocycles. The quantitative estimate of drug-likeness (QED) is 0.417. The molecule has 3 aromatic rings. The molecule has 1 aliphatic heterocycles. The number of carbonyl (C=O) groups is 3. The zero-order valence-corrected chi connectivity index (χ0v) is 19.8. The van der Waals surface area contributed by atoms with E-state index in [1.54, 1.807) is 6.92 Å². The van der Waals surface area contributed by atoms with Gasteiger partial charge in [-0.15, -0.1) is 0 Å². The number of nitrogens with zero attached hydrogens (tertiary/aromatic N) is 1. The maximum absolute atomic E-state index is 13.0. The van der Waals surface area contributed by atoms with E-state index in [0.29, 0.717) is 6.42 Å². The first-order valence-corrected chi connectivity index (χ1v) is 13.3. The van der Waals surface area contributed by atoms with Gasteiger partial charge >= 0.3 is 5.97 Å². The molecule has 3 aromatic carbocycles. The van der Waals surface area contributed by atoms with E-state index in [1.807, 2.05) is 91.0 Å². The fourth-order valence-corrected chi connectivity index (χ4v) is 9.60. The molecule has 1 aliphatic rings. The van der Waals surface area contributed by atoms with Gasteiger partial charge in [0, 0.05) is 13.3 Å². The molecule has 33 heavy (non-hydrogen) atoms. The molecule has 0 radical (unpaired) electrons. The molecule has 1 N–H and O–H groups in total. The van der Waals surface area contributed by atoms with E-state index < -0.39 is 18.2 Å². The molecular formula is C26H24NO4PS. The van der Waals surface area contributed by atoms with E-state index >= 15 is 0 Å². The second-order valence-corrected chi connectivity index (χ2v) is 12.1. The van der Waals surface area contributed by atoms with Crippen molar-refractivity contribution in [1.82, 2.24) is 4.90 Å². The predicted molar refractivity (Wildman–Crippen MR) is 136 cm³/mol. The van der Waals surface area contributed by atoms with Crippen LogP contribution in [0.15, 0.2) is 91.0 Å². The van der Waals surface area contributed by atoms with Gasteiger partial charge in [-0.3, -0.25) is 14.5 Å². The van der Waals surface area contributed by atoms with Crippen molar-refractivity contribution in [2.24, 2.45) is 0 Å². The van der Waals surface area contributed by atoms with Crippen molar-refractivity contribution < 1.29 is 19.5 Å². The normalized spacial score (nSPS) is 15.6. The molecule has 0 saturated carbocycles. The van der Waals surface area contributed by atoms with Gasteiger partial charge in [0.25, 0.3) is 0 Å². The van der Waals surface area contributed by atoms with Crippen LogP contribution in [0.3, 0.4) is 0 Å². The van der Waals surface area contributed by atoms with E-state index in [1.165, 1.54) is 4.90 Å². The summed E-state index contributed by atoms with van der Waals surface area (Å²) in [5, 5.41) is 12.6. The third kappa shape index (κ3) is 4.17. The van der Waals surface area contributed by atoms with Crippen molar-refractivity contribution in [2.45, 2.75) is 25.1 Å². The highest BCUT2D eigenvalue weighted by atomic mass is 32.2. The molecule has 0 aromatic heterocycles. The van der Waals surface area contributed by atoms with Gasteiger partial charge in [-0.05, 0) is 15.9 Å². The molecule has 1 atom stereocenters. The first-order valence-electron chi connectivity index (χ1n) is 10.7. The molecule has 1 amide bonds. The molecule has 1 unspecified atom stereocenters. The average molecular weight is 478 g/mol. The van der Waals surface area contributed by atoms with E-state index in [9.17, 15) is 19.5 Å². The molecule has 168 valence electrons. The number of hydrogen-bond donors (Lipinski definition) is 1. The monoisotopic (exact) mass is 477 g/mol. The van der Waals surface area contributed by atoms with Gasteiger partial charge in [-0.25, -0.2) is 4.79 Å². The first kappa shape index (κ1) is 23.1. The summed E-state index contributed by atoms with van der Waals surface area (Å²) in [6, 6.07) is 28.6. The van der Waals surface area contributed by atoms with Crippen LogP contribution < -0.4 is 15.9 Å². The number of thioether (sulfide) groups is 1. The fraction of sp³-hybridized carbons (Fsp3) is 0.154. The number of amides is 1. The van der Waals surface area contributed by atoms with E-state index in [0.717, 1.165) is 27.7 Å². The zero-order valence-electron chi connectivity index (χ0n) is 18.1. The van der Waals surface area contributed by atoms with E-state index in [4.69, 9.17) is 0 Å². The van der Waals surface area contributed by atoms with Crippen molar-refractivity contribution in [2.75, 3.05) is 0 Å². The summed E-state index contributed by atoms with van der Waals surface area (Å²) in [6.45, 7) is -1.21. The number of aliphatic carboxylic acids is 1. The number of carbonyl (C=O) groups excluding carboxylic acids is 2. The van der Waals surface area contributed by atoms with Crippen LogP contribution >= 0.6 is 18.6 Å². The summed E-state index contributed by atoms with van der Waals surface area (Å²) in [4.78, 5) is 39.5. The zero-order chi connectivity index (χ0) is 23.4. The lowest BCUT2D eigenvalue weighted by Gasteiger charge is -2.43. The van der Waals surface area contributed by atoms with Crippen LogP contribution in [0.25, 0.3) is 0 Å². The third-order valence-electron chi connectivity index (χ3n) is 5.63. The molecular weight excluding hydrogens is 453 g/mol. The van der Waals surface area contributed by atoms with Gasteiger partial charge in [0.15, 0.2) is 5.12 Å². The van der Waals surface area contributed by atoms with Crippen LogP contribution in [0.4, 0.5) is 0 Å². The number of likely N-dealkylation sites (tertiary alicyclic amines) is 1. The molecule has 5 nitrogen and oxygen atoms in total. The minimum Gasteiger partial charge on any atom is -0.477 e. The molecule has 7 heteroatoms. The molecule has 0 bridgehead atoms. The van der Waals surface area contributed by atoms with Crippen LogP contribution in [0, 0.1) is 0 Å². The second-order valence-electron chi connectivity index (χ2n) is 7.57. The Labute approximate surface area is 197 Å². The standard InChI is InChI=1S/C26H24NO4PS/c1-2-24(29)33-23-18-22(28)27(23)25(26(30)31)32(19-12-6-3-7-13-19,20-14-8-4-9-15-20)21-16-10-5-11-17-21/h3-17,23H,2,18H2,1H3,(H,30,31). The lowest BCUT2D eigenvalue weighted by molar-refractivity contribution is -0.139. The average Bonchev–Trinajstić information content (AvgIpc) is 2.85. The molecule has 1 heterocycles. The third-order valence-corrected chi connectivity index (χ3v) is 11.1. The summed E-state index contributed by atoms with van der Waals surface area (Å²) in [6.07, 6.45) is 0.466. The number of carboxylic acid groups (broad SMARTS) is 1. The summed E-state index contributed by atoms with van der Waals surface area (Å²) in [5.74, 6) is -1.43. The van der Waals surface area contributed by atoms with Crippen LogP contribution in [-0.4, -0.2) is 37.8 Å². The van der Waals surface area contributed by atoms with Gasteiger partial charge in [0.05, 0.1) is 11.8 Å². The minimum atomic E-state index is -2.97. The highest BCUT2D eigenvalue weighted by molar-refractivity contribution is 8.14. The number of β-lactam (4-membered cyclic amide) rings is 1. The van der Waals surface area contributed by atoms with Gasteiger partial charge < -0.3 is 5.11 Å². The van der Waals surface area contributed by atoms with Gasteiger partial charge in [0.2, 0.25) is 5.91 Å². The summed E-state index contributed by atoms with van der Waals surface area (Å²) < 4.78 is 0. The summed E-state index contributed by atoms with van der Waals surface area (Å²) in [7, 11) is 0. The van der Waals surface area contributed by atoms with Crippen LogP contribution in [0.5, 0.6) is 0 Å². The minimum absolute atomic E-state index is 0.0451. The fourth-order valence-electron chi connectivity index (χ4n) is 4.15. The molecule has 1 fully saturated rings. The first-order chi connectivity index (χ1) is 16.0. The van der Waals surface area contributed by atoms with Gasteiger partial charge in [0.1, 0.15) is 5.42 Å². The summed E-state index contributed by atoms with van der Waals surface area (Å²) >= 11 is 1.05. The molecule has 0 aliphatic carbocycles. The van der Waals surface area contributed by atoms with Crippen molar-refractivity contribution in [3.63, 3.8) is 0 Å². The van der Waals surface area contributed by atoms with Gasteiger partial charge in [-0.1, -0.05) is 110 Å². The molecule has 4 rings (SSSR count). The Balaban J connectivity index is 2.15. The number of hydrogen-bond acceptors (Lipinski definition) is 4. The Kier molecular flexibility index (Phi) is 6.87. The largest absolute Gasteiger partial charge is 0.477 e. The Morgan fingerprint density at radius 1 is 0.879 bits per heavy atom. The van der Waals surface area contributed by atoms with Crippen molar-refractivity contribution in [3.8, 4) is 0 Å². The van der Waals surface area contributed by atoms with Crippen molar-refractivity contribution >= 4 is 57.0 Å². The SMILES string of the molecule is CCC(=O)SC1CC(=O)N1C(C(=O)O)=P(c1ccccc1)(c1ccccc1)c1ccccc1. The summed E-state index contributed by atoms with van der Waals surface area (Å²) in [5.41, 5.74) is 0.0451. The number of carboxylic acids is 1. The lowest BCUT2D eigenvalue weighted by Crippen LogP contribution is -2.58. The highest BCUT2D eigenvalue weighted by Gasteiger charge is 2.47. The van der Waals surface area contributed by atoms with Crippen LogP contribution in [0.1, 0.15) is 19.8 Å².